The van der Waals surface area contributed by atoms with Gasteiger partial charge in [0.15, 0.2) is 0 Å². The van der Waals surface area contributed by atoms with E-state index >= 15 is 0 Å². The van der Waals surface area contributed by atoms with Crippen LogP contribution in [-0.2, 0) is 4.74 Å². The Morgan fingerprint density at radius 3 is 2.61 bits per heavy atom. The number of carbonyl (C=O) groups excluding carboxylic acids is 1. The molecule has 0 bridgehead atoms. The van der Waals surface area contributed by atoms with E-state index in [1.54, 1.807) is 43.3 Å². The van der Waals surface area contributed by atoms with E-state index in [0.717, 1.165) is 5.56 Å². The second-order valence-electron chi connectivity index (χ2n) is 4.53. The van der Waals surface area contributed by atoms with Gasteiger partial charge in [-0.1, -0.05) is 24.4 Å². The average Bonchev–Trinajstić information content (AvgIpc) is 3.01. The molecule has 0 amide bonds. The molecule has 2 rings (SSSR count). The van der Waals surface area contributed by atoms with Gasteiger partial charge in [0.2, 0.25) is 0 Å². The number of hydrogen-bond donors (Lipinski definition) is 1. The van der Waals surface area contributed by atoms with Gasteiger partial charge in [0, 0.05) is 11.6 Å². The number of nitrogens with zero attached hydrogens (tertiary/aromatic N) is 1. The molecule has 2 aromatic rings. The fourth-order valence-electron chi connectivity index (χ4n) is 1.87. The molecule has 1 heterocycles. The van der Waals surface area contributed by atoms with Gasteiger partial charge in [-0.2, -0.15) is 5.26 Å². The number of rotatable bonds is 5. The number of nitriles is 1. The Labute approximate surface area is 139 Å². The Kier molecular flexibility index (Phi) is 5.28. The number of esters is 1. The van der Waals surface area contributed by atoms with Crippen molar-refractivity contribution in [1.82, 2.24) is 0 Å². The summed E-state index contributed by atoms with van der Waals surface area (Å²) in [5, 5.41) is 8.94. The lowest BCUT2D eigenvalue weighted by Gasteiger charge is -2.02. The molecular formula is C17H14N2O3S. The quantitative estimate of drug-likeness (QED) is 0.392. The van der Waals surface area contributed by atoms with Crippen LogP contribution in [0.15, 0.2) is 46.4 Å². The molecule has 1 aromatic heterocycles. The molecule has 0 atom stereocenters. The van der Waals surface area contributed by atoms with Gasteiger partial charge < -0.3 is 14.9 Å². The maximum atomic E-state index is 11.6. The van der Waals surface area contributed by atoms with E-state index < -0.39 is 0 Å². The van der Waals surface area contributed by atoms with Crippen molar-refractivity contribution in [2.75, 3.05) is 6.61 Å². The predicted octanol–water partition coefficient (Wildman–Crippen LogP) is 3.32. The first-order chi connectivity index (χ1) is 11.0. The third-order valence-electron chi connectivity index (χ3n) is 2.98. The molecule has 0 unspecified atom stereocenters. The minimum atomic E-state index is -0.364. The van der Waals surface area contributed by atoms with Gasteiger partial charge in [-0.05, 0) is 31.2 Å². The zero-order valence-electron chi connectivity index (χ0n) is 12.4. The maximum absolute atomic E-state index is 11.6. The Morgan fingerprint density at radius 1 is 1.35 bits per heavy atom. The summed E-state index contributed by atoms with van der Waals surface area (Å²) in [6.07, 6.45) is 1.48. The number of ether oxygens (including phenoxy) is 1. The van der Waals surface area contributed by atoms with Crippen LogP contribution >= 0.6 is 12.2 Å². The van der Waals surface area contributed by atoms with Gasteiger partial charge in [-0.15, -0.1) is 0 Å². The van der Waals surface area contributed by atoms with Crippen LogP contribution in [0.1, 0.15) is 23.0 Å². The summed E-state index contributed by atoms with van der Waals surface area (Å²) in [6.45, 7) is 2.09. The van der Waals surface area contributed by atoms with Crippen LogP contribution < -0.4 is 5.73 Å². The van der Waals surface area contributed by atoms with Gasteiger partial charge in [-0.3, -0.25) is 0 Å². The fourth-order valence-corrected chi connectivity index (χ4v) is 1.98. The highest BCUT2D eigenvalue weighted by Crippen LogP contribution is 2.24. The highest BCUT2D eigenvalue weighted by molar-refractivity contribution is 7.80. The molecule has 0 aliphatic rings. The largest absolute Gasteiger partial charge is 0.462 e. The van der Waals surface area contributed by atoms with E-state index in [9.17, 15) is 4.79 Å². The minimum Gasteiger partial charge on any atom is -0.462 e. The molecule has 2 N–H and O–H groups in total. The topological polar surface area (TPSA) is 89.2 Å². The lowest BCUT2D eigenvalue weighted by molar-refractivity contribution is 0.0526. The van der Waals surface area contributed by atoms with E-state index in [4.69, 9.17) is 32.4 Å². The van der Waals surface area contributed by atoms with Crippen molar-refractivity contribution in [3.8, 4) is 17.4 Å². The number of nitrogens with two attached hydrogens (primary N) is 1. The number of carbonyl (C=O) groups is 1. The standard InChI is InChI=1S/C17H14N2O3S/c1-2-21-17(20)12-5-3-11(4-6-12)15-8-7-14(22-15)9-13(10-18)16(19)23/h3-9H,2H2,1H3,(H2,19,23)/b13-9-. The molecule has 0 spiro atoms. The zero-order chi connectivity index (χ0) is 16.8. The monoisotopic (exact) mass is 326 g/mol. The van der Waals surface area contributed by atoms with Crippen LogP contribution in [0.2, 0.25) is 0 Å². The lowest BCUT2D eigenvalue weighted by Crippen LogP contribution is -2.09. The summed E-state index contributed by atoms with van der Waals surface area (Å²) in [5.74, 6) is 0.711. The Hall–Kier alpha value is -2.91. The van der Waals surface area contributed by atoms with Gasteiger partial charge in [0.25, 0.3) is 0 Å². The molecule has 0 radical (unpaired) electrons. The molecule has 0 fully saturated rings. The molecule has 23 heavy (non-hydrogen) atoms. The first-order valence-corrected chi connectivity index (χ1v) is 7.25. The molecule has 5 nitrogen and oxygen atoms in total. The Bertz CT molecular complexity index is 798. The summed E-state index contributed by atoms with van der Waals surface area (Å²) in [4.78, 5) is 11.6. The number of hydrogen-bond acceptors (Lipinski definition) is 5. The van der Waals surface area contributed by atoms with E-state index in [1.165, 1.54) is 6.08 Å². The van der Waals surface area contributed by atoms with E-state index in [1.807, 2.05) is 6.07 Å². The number of furan rings is 1. The molecule has 0 saturated carbocycles. The fraction of sp³-hybridized carbons (Fsp3) is 0.118. The zero-order valence-corrected chi connectivity index (χ0v) is 13.2. The van der Waals surface area contributed by atoms with Crippen LogP contribution in [0.4, 0.5) is 0 Å². The van der Waals surface area contributed by atoms with Crippen LogP contribution in [-0.4, -0.2) is 17.6 Å². The second kappa shape index (κ2) is 7.38. The van der Waals surface area contributed by atoms with Crippen LogP contribution in [0.5, 0.6) is 0 Å². The van der Waals surface area contributed by atoms with Crippen molar-refractivity contribution < 1.29 is 13.9 Å². The van der Waals surface area contributed by atoms with Crippen molar-refractivity contribution in [2.24, 2.45) is 5.73 Å². The van der Waals surface area contributed by atoms with Crippen LogP contribution in [0.25, 0.3) is 17.4 Å². The number of benzene rings is 1. The van der Waals surface area contributed by atoms with Crippen LogP contribution in [0, 0.1) is 11.3 Å². The first kappa shape index (κ1) is 16.5. The minimum absolute atomic E-state index is 0.0178. The average molecular weight is 326 g/mol. The summed E-state index contributed by atoms with van der Waals surface area (Å²) in [6, 6.07) is 12.2. The summed E-state index contributed by atoms with van der Waals surface area (Å²) in [7, 11) is 0. The number of thiocarbonyl (C=S) groups is 1. The Morgan fingerprint density at radius 2 is 2.04 bits per heavy atom. The van der Waals surface area contributed by atoms with Crippen LogP contribution in [0.3, 0.4) is 0 Å². The molecule has 116 valence electrons. The molecular weight excluding hydrogens is 312 g/mol. The van der Waals surface area contributed by atoms with Crippen molar-refractivity contribution in [3.63, 3.8) is 0 Å². The highest BCUT2D eigenvalue weighted by atomic mass is 32.1. The Balaban J connectivity index is 2.23. The lowest BCUT2D eigenvalue weighted by atomic mass is 10.1. The van der Waals surface area contributed by atoms with Crippen molar-refractivity contribution in [1.29, 1.82) is 5.26 Å². The van der Waals surface area contributed by atoms with E-state index in [2.05, 4.69) is 0 Å². The predicted molar refractivity (Wildman–Crippen MR) is 90.5 cm³/mol. The molecule has 6 heteroatoms. The van der Waals surface area contributed by atoms with E-state index in [-0.39, 0.29) is 16.5 Å². The van der Waals surface area contributed by atoms with Crippen molar-refractivity contribution >= 4 is 29.3 Å². The molecule has 0 saturated heterocycles. The highest BCUT2D eigenvalue weighted by Gasteiger charge is 2.09. The maximum Gasteiger partial charge on any atom is 0.338 e. The first-order valence-electron chi connectivity index (χ1n) is 6.84. The smallest absolute Gasteiger partial charge is 0.338 e. The van der Waals surface area contributed by atoms with Crippen molar-refractivity contribution in [2.45, 2.75) is 6.92 Å². The normalized spacial score (nSPS) is 10.9. The second-order valence-corrected chi connectivity index (χ2v) is 4.97. The third-order valence-corrected chi connectivity index (χ3v) is 3.20. The van der Waals surface area contributed by atoms with Gasteiger partial charge >= 0.3 is 5.97 Å². The summed E-state index contributed by atoms with van der Waals surface area (Å²) in [5.41, 5.74) is 6.89. The summed E-state index contributed by atoms with van der Waals surface area (Å²) < 4.78 is 10.6. The SMILES string of the molecule is CCOC(=O)c1ccc(-c2ccc(/C=C(/C#N)C(N)=S)o2)cc1. The molecule has 0 aliphatic carbocycles. The molecule has 0 aliphatic heterocycles. The van der Waals surface area contributed by atoms with E-state index in [0.29, 0.717) is 23.7 Å². The van der Waals surface area contributed by atoms with Gasteiger partial charge in [-0.25, -0.2) is 4.79 Å². The molecule has 1 aromatic carbocycles. The van der Waals surface area contributed by atoms with Crippen molar-refractivity contribution in [3.05, 3.63) is 53.3 Å². The van der Waals surface area contributed by atoms with Gasteiger partial charge in [0.05, 0.1) is 17.7 Å². The third kappa shape index (κ3) is 4.05. The summed E-state index contributed by atoms with van der Waals surface area (Å²) >= 11 is 4.78. The van der Waals surface area contributed by atoms with Gasteiger partial charge in [0.1, 0.15) is 22.6 Å².